The number of ether oxygens (including phenoxy) is 1. The van der Waals surface area contributed by atoms with Crippen LogP contribution in [-0.2, 0) is 4.79 Å². The lowest BCUT2D eigenvalue weighted by atomic mass is 10.1. The summed E-state index contributed by atoms with van der Waals surface area (Å²) in [6, 6.07) is 12.9. The first-order chi connectivity index (χ1) is 10.3. The van der Waals surface area contributed by atoms with E-state index in [2.05, 4.69) is 5.32 Å². The third kappa shape index (κ3) is 4.01. The fourth-order valence-corrected chi connectivity index (χ4v) is 2.20. The van der Waals surface area contributed by atoms with E-state index in [9.17, 15) is 4.79 Å². The normalized spacial score (nSPS) is 11.1. The molecule has 0 aromatic heterocycles. The van der Waals surface area contributed by atoms with Crippen molar-refractivity contribution in [2.24, 2.45) is 0 Å². The lowest BCUT2D eigenvalue weighted by Crippen LogP contribution is -2.42. The number of halogens is 1. The number of amides is 1. The third-order valence-corrected chi connectivity index (χ3v) is 3.62. The minimum absolute atomic E-state index is 0.200. The van der Waals surface area contributed by atoms with Gasteiger partial charge in [0.05, 0.1) is 0 Å². The van der Waals surface area contributed by atoms with Crippen LogP contribution in [0.15, 0.2) is 42.5 Å². The topological polar surface area (TPSA) is 38.3 Å². The summed E-state index contributed by atoms with van der Waals surface area (Å²) in [4.78, 5) is 12.5. The van der Waals surface area contributed by atoms with Crippen molar-refractivity contribution in [3.63, 3.8) is 0 Å². The third-order valence-electron chi connectivity index (χ3n) is 3.36. The Morgan fingerprint density at radius 2 is 1.73 bits per heavy atom. The zero-order chi connectivity index (χ0) is 16.3. The first-order valence-corrected chi connectivity index (χ1v) is 7.49. The average Bonchev–Trinajstić information content (AvgIpc) is 2.44. The van der Waals surface area contributed by atoms with Crippen molar-refractivity contribution in [1.29, 1.82) is 0 Å². The molecule has 3 nitrogen and oxygen atoms in total. The quantitative estimate of drug-likeness (QED) is 0.883. The molecule has 0 aliphatic carbocycles. The molecule has 1 amide bonds. The highest BCUT2D eigenvalue weighted by Gasteiger charge is 2.30. The van der Waals surface area contributed by atoms with E-state index in [1.165, 1.54) is 0 Å². The lowest BCUT2D eigenvalue weighted by molar-refractivity contribution is -0.128. The molecule has 1 N–H and O–H groups in total. The van der Waals surface area contributed by atoms with Crippen LogP contribution in [0.3, 0.4) is 0 Å². The van der Waals surface area contributed by atoms with E-state index < -0.39 is 5.60 Å². The number of rotatable bonds is 4. The maximum atomic E-state index is 12.5. The number of hydrogen-bond donors (Lipinski definition) is 1. The fourth-order valence-electron chi connectivity index (χ4n) is 2.07. The van der Waals surface area contributed by atoms with E-state index in [-0.39, 0.29) is 5.91 Å². The summed E-state index contributed by atoms with van der Waals surface area (Å²) in [7, 11) is 0. The summed E-state index contributed by atoms with van der Waals surface area (Å²) >= 11 is 5.85. The number of anilines is 1. The van der Waals surface area contributed by atoms with Crippen molar-refractivity contribution in [3.8, 4) is 5.75 Å². The van der Waals surface area contributed by atoms with Gasteiger partial charge in [0, 0.05) is 10.7 Å². The van der Waals surface area contributed by atoms with Crippen molar-refractivity contribution < 1.29 is 9.53 Å². The highest BCUT2D eigenvalue weighted by molar-refractivity contribution is 6.30. The molecule has 0 fully saturated rings. The van der Waals surface area contributed by atoms with Gasteiger partial charge in [0.15, 0.2) is 5.60 Å². The summed E-state index contributed by atoms with van der Waals surface area (Å²) in [5.41, 5.74) is 1.98. The van der Waals surface area contributed by atoms with Gasteiger partial charge in [-0.2, -0.15) is 0 Å². The predicted molar refractivity (Wildman–Crippen MR) is 90.7 cm³/mol. The Morgan fingerprint density at radius 1 is 1.09 bits per heavy atom. The van der Waals surface area contributed by atoms with Crippen LogP contribution in [0.4, 0.5) is 5.69 Å². The molecule has 0 saturated heterocycles. The maximum absolute atomic E-state index is 12.5. The van der Waals surface area contributed by atoms with Gasteiger partial charge in [-0.1, -0.05) is 29.3 Å². The Morgan fingerprint density at radius 3 is 2.32 bits per heavy atom. The minimum Gasteiger partial charge on any atom is -0.478 e. The molecule has 2 rings (SSSR count). The van der Waals surface area contributed by atoms with Crippen LogP contribution < -0.4 is 10.1 Å². The molecule has 4 heteroatoms. The lowest BCUT2D eigenvalue weighted by Gasteiger charge is -2.25. The van der Waals surface area contributed by atoms with Crippen LogP contribution in [-0.4, -0.2) is 11.5 Å². The van der Waals surface area contributed by atoms with Crippen molar-refractivity contribution in [3.05, 3.63) is 58.6 Å². The van der Waals surface area contributed by atoms with Gasteiger partial charge in [0.1, 0.15) is 5.75 Å². The van der Waals surface area contributed by atoms with Gasteiger partial charge < -0.3 is 10.1 Å². The second kappa shape index (κ2) is 6.41. The van der Waals surface area contributed by atoms with E-state index in [1.54, 1.807) is 38.1 Å². The second-order valence-corrected chi connectivity index (χ2v) is 6.28. The summed E-state index contributed by atoms with van der Waals surface area (Å²) in [5.74, 6) is 0.402. The van der Waals surface area contributed by atoms with Crippen molar-refractivity contribution in [2.75, 3.05) is 5.32 Å². The average molecular weight is 318 g/mol. The summed E-state index contributed by atoms with van der Waals surface area (Å²) < 4.78 is 5.78. The van der Waals surface area contributed by atoms with Gasteiger partial charge in [-0.25, -0.2) is 0 Å². The molecule has 2 aromatic carbocycles. The Bertz CT molecular complexity index is 678. The molecule has 2 aromatic rings. The highest BCUT2D eigenvalue weighted by Crippen LogP contribution is 2.23. The van der Waals surface area contributed by atoms with Crippen LogP contribution >= 0.6 is 11.6 Å². The number of carbonyl (C=O) groups excluding carboxylic acids is 1. The molecule has 22 heavy (non-hydrogen) atoms. The number of aryl methyl sites for hydroxylation is 2. The predicted octanol–water partition coefficient (Wildman–Crippen LogP) is 4.75. The monoisotopic (exact) mass is 317 g/mol. The maximum Gasteiger partial charge on any atom is 0.267 e. The van der Waals surface area contributed by atoms with Gasteiger partial charge in [-0.05, 0) is 63.6 Å². The molecule has 0 aliphatic rings. The largest absolute Gasteiger partial charge is 0.478 e. The first-order valence-electron chi connectivity index (χ1n) is 7.11. The SMILES string of the molecule is Cc1ccc(NC(=O)C(C)(C)Oc2ccc(Cl)cc2)c(C)c1. The van der Waals surface area contributed by atoms with E-state index in [4.69, 9.17) is 16.3 Å². The summed E-state index contributed by atoms with van der Waals surface area (Å²) in [6.45, 7) is 7.46. The summed E-state index contributed by atoms with van der Waals surface area (Å²) in [5, 5.41) is 3.55. The Kier molecular flexibility index (Phi) is 4.77. The van der Waals surface area contributed by atoms with Gasteiger partial charge in [-0.15, -0.1) is 0 Å². The molecule has 0 heterocycles. The Balaban J connectivity index is 2.11. The zero-order valence-electron chi connectivity index (χ0n) is 13.2. The minimum atomic E-state index is -0.995. The van der Waals surface area contributed by atoms with Gasteiger partial charge >= 0.3 is 0 Å². The molecule has 0 saturated carbocycles. The summed E-state index contributed by atoms with van der Waals surface area (Å²) in [6.07, 6.45) is 0. The molecule has 116 valence electrons. The van der Waals surface area contributed by atoms with Gasteiger partial charge in [-0.3, -0.25) is 4.79 Å². The number of benzene rings is 2. The Hall–Kier alpha value is -2.00. The van der Waals surface area contributed by atoms with E-state index in [0.717, 1.165) is 16.8 Å². The Labute approximate surface area is 136 Å². The first kappa shape index (κ1) is 16.4. The van der Waals surface area contributed by atoms with Crippen molar-refractivity contribution in [2.45, 2.75) is 33.3 Å². The molecule has 0 atom stereocenters. The smallest absolute Gasteiger partial charge is 0.267 e. The molecular formula is C18H20ClNO2. The molecule has 0 radical (unpaired) electrons. The fraction of sp³-hybridized carbons (Fsp3) is 0.278. The highest BCUT2D eigenvalue weighted by atomic mass is 35.5. The van der Waals surface area contributed by atoms with E-state index >= 15 is 0 Å². The standard InChI is InChI=1S/C18H20ClNO2/c1-12-5-10-16(13(2)11-12)20-17(21)18(3,4)22-15-8-6-14(19)7-9-15/h5-11H,1-4H3,(H,20,21). The van der Waals surface area contributed by atoms with Crippen LogP contribution in [0.1, 0.15) is 25.0 Å². The van der Waals surface area contributed by atoms with Crippen LogP contribution in [0.2, 0.25) is 5.02 Å². The molecule has 0 unspecified atom stereocenters. The van der Waals surface area contributed by atoms with Crippen molar-refractivity contribution in [1.82, 2.24) is 0 Å². The van der Waals surface area contributed by atoms with Crippen LogP contribution in [0.25, 0.3) is 0 Å². The van der Waals surface area contributed by atoms with Gasteiger partial charge in [0.25, 0.3) is 5.91 Å². The molecular weight excluding hydrogens is 298 g/mol. The number of hydrogen-bond acceptors (Lipinski definition) is 2. The number of nitrogens with one attached hydrogen (secondary N) is 1. The molecule has 0 spiro atoms. The zero-order valence-corrected chi connectivity index (χ0v) is 14.0. The van der Waals surface area contributed by atoms with Crippen molar-refractivity contribution >= 4 is 23.2 Å². The second-order valence-electron chi connectivity index (χ2n) is 5.84. The number of carbonyl (C=O) groups is 1. The van der Waals surface area contributed by atoms with Crippen LogP contribution in [0, 0.1) is 13.8 Å². The molecule has 0 bridgehead atoms. The van der Waals surface area contributed by atoms with Crippen LogP contribution in [0.5, 0.6) is 5.75 Å². The molecule has 0 aliphatic heterocycles. The van der Waals surface area contributed by atoms with E-state index in [1.807, 2.05) is 32.0 Å². The van der Waals surface area contributed by atoms with E-state index in [0.29, 0.717) is 10.8 Å². The van der Waals surface area contributed by atoms with Gasteiger partial charge in [0.2, 0.25) is 0 Å².